The van der Waals surface area contributed by atoms with E-state index in [-0.39, 0.29) is 6.29 Å². The Labute approximate surface area is 125 Å². The van der Waals surface area contributed by atoms with Gasteiger partial charge in [0.15, 0.2) is 6.29 Å². The normalized spacial score (nSPS) is 31.0. The van der Waals surface area contributed by atoms with Gasteiger partial charge in [0.2, 0.25) is 0 Å². The lowest BCUT2D eigenvalue weighted by molar-refractivity contribution is 0.145. The Morgan fingerprint density at radius 2 is 2.00 bits per heavy atom. The summed E-state index contributed by atoms with van der Waals surface area (Å²) in [6.45, 7) is 6.99. The van der Waals surface area contributed by atoms with Gasteiger partial charge in [-0.25, -0.2) is 0 Å². The average molecular weight is 279 g/mol. The minimum Gasteiger partial charge on any atom is -0.283 e. The molecule has 2 aliphatic heterocycles. The number of nitrogens with one attached hydrogen (secondary N) is 1. The Bertz CT molecular complexity index is 290. The summed E-state index contributed by atoms with van der Waals surface area (Å²) in [5.41, 5.74) is 0. The van der Waals surface area contributed by atoms with Gasteiger partial charge >= 0.3 is 0 Å². The molecule has 0 bridgehead atoms. The molecule has 1 saturated heterocycles. The fourth-order valence-electron chi connectivity index (χ4n) is 3.65. The first-order valence-electron chi connectivity index (χ1n) is 8.83. The van der Waals surface area contributed by atoms with E-state index in [0.717, 1.165) is 18.9 Å². The van der Waals surface area contributed by atoms with Crippen molar-refractivity contribution in [1.29, 1.82) is 0 Å². The standard InChI is InChI=1S/C17H33N3/c1-3-4-5-6-7-8-10-16-11-14-20(15(16)2)17-18-12-9-13-19-17/h12,15-17,19H,3-11,13-14H2,1-2H3. The fourth-order valence-corrected chi connectivity index (χ4v) is 3.65. The van der Waals surface area contributed by atoms with E-state index < -0.39 is 0 Å². The van der Waals surface area contributed by atoms with Gasteiger partial charge in [-0.3, -0.25) is 15.2 Å². The first-order valence-corrected chi connectivity index (χ1v) is 8.83. The molecule has 1 N–H and O–H groups in total. The summed E-state index contributed by atoms with van der Waals surface area (Å²) in [6.07, 6.45) is 14.7. The fraction of sp³-hybridized carbons (Fsp3) is 0.941. The number of unbranched alkanes of at least 4 members (excludes halogenated alkanes) is 5. The molecule has 0 radical (unpaired) electrons. The van der Waals surface area contributed by atoms with E-state index in [0.29, 0.717) is 6.04 Å². The van der Waals surface area contributed by atoms with E-state index in [1.807, 2.05) is 0 Å². The van der Waals surface area contributed by atoms with Gasteiger partial charge in [0.05, 0.1) is 0 Å². The van der Waals surface area contributed by atoms with Crippen LogP contribution in [0.25, 0.3) is 0 Å². The summed E-state index contributed by atoms with van der Waals surface area (Å²) in [7, 11) is 0. The molecule has 0 aromatic rings. The number of likely N-dealkylation sites (tertiary alicyclic amines) is 1. The maximum absolute atomic E-state index is 4.62. The van der Waals surface area contributed by atoms with Crippen LogP contribution < -0.4 is 5.32 Å². The highest BCUT2D eigenvalue weighted by molar-refractivity contribution is 5.58. The molecule has 0 aromatic heterocycles. The van der Waals surface area contributed by atoms with E-state index in [4.69, 9.17) is 0 Å². The van der Waals surface area contributed by atoms with Crippen molar-refractivity contribution in [1.82, 2.24) is 10.2 Å². The molecule has 3 atom stereocenters. The van der Waals surface area contributed by atoms with E-state index in [1.54, 1.807) is 0 Å². The van der Waals surface area contributed by atoms with E-state index >= 15 is 0 Å². The number of nitrogens with zero attached hydrogens (tertiary/aromatic N) is 2. The summed E-state index contributed by atoms with van der Waals surface area (Å²) in [5, 5.41) is 3.53. The van der Waals surface area contributed by atoms with Crippen molar-refractivity contribution < 1.29 is 0 Å². The zero-order valence-electron chi connectivity index (χ0n) is 13.5. The Balaban J connectivity index is 1.64. The second-order valence-corrected chi connectivity index (χ2v) is 6.53. The molecule has 0 aromatic carbocycles. The van der Waals surface area contributed by atoms with E-state index in [9.17, 15) is 0 Å². The number of aliphatic imine (C=N–C) groups is 1. The molecule has 2 heterocycles. The van der Waals surface area contributed by atoms with E-state index in [1.165, 1.54) is 57.9 Å². The first kappa shape index (κ1) is 16.0. The summed E-state index contributed by atoms with van der Waals surface area (Å²) in [5.74, 6) is 0.889. The van der Waals surface area contributed by atoms with Crippen LogP contribution in [0.2, 0.25) is 0 Å². The van der Waals surface area contributed by atoms with Crippen molar-refractivity contribution in [2.45, 2.75) is 84.0 Å². The van der Waals surface area contributed by atoms with Crippen molar-refractivity contribution in [3.05, 3.63) is 0 Å². The maximum atomic E-state index is 4.62. The van der Waals surface area contributed by atoms with Crippen molar-refractivity contribution in [3.8, 4) is 0 Å². The molecule has 2 rings (SSSR count). The van der Waals surface area contributed by atoms with Gasteiger partial charge in [0, 0.05) is 25.3 Å². The molecule has 116 valence electrons. The third-order valence-electron chi connectivity index (χ3n) is 5.05. The van der Waals surface area contributed by atoms with Crippen LogP contribution in [-0.4, -0.2) is 36.5 Å². The highest BCUT2D eigenvalue weighted by Gasteiger charge is 2.34. The molecule has 3 nitrogen and oxygen atoms in total. The average Bonchev–Trinajstić information content (AvgIpc) is 2.85. The van der Waals surface area contributed by atoms with Crippen molar-refractivity contribution in [2.75, 3.05) is 13.1 Å². The van der Waals surface area contributed by atoms with Crippen molar-refractivity contribution in [3.63, 3.8) is 0 Å². The van der Waals surface area contributed by atoms with Crippen LogP contribution in [0.4, 0.5) is 0 Å². The Hall–Kier alpha value is -0.410. The third kappa shape index (κ3) is 4.56. The third-order valence-corrected chi connectivity index (χ3v) is 5.05. The first-order chi connectivity index (χ1) is 9.83. The van der Waals surface area contributed by atoms with Gasteiger partial charge < -0.3 is 0 Å². The molecule has 0 spiro atoms. The highest BCUT2D eigenvalue weighted by atomic mass is 15.4. The second-order valence-electron chi connectivity index (χ2n) is 6.53. The summed E-state index contributed by atoms with van der Waals surface area (Å²) >= 11 is 0. The van der Waals surface area contributed by atoms with E-state index in [2.05, 4.69) is 35.3 Å². The molecule has 3 heteroatoms. The molecule has 1 fully saturated rings. The summed E-state index contributed by atoms with van der Waals surface area (Å²) < 4.78 is 0. The monoisotopic (exact) mass is 279 g/mol. The number of hydrogen-bond donors (Lipinski definition) is 1. The lowest BCUT2D eigenvalue weighted by atomic mass is 9.94. The molecule has 3 unspecified atom stereocenters. The van der Waals surface area contributed by atoms with Gasteiger partial charge in [0.1, 0.15) is 0 Å². The van der Waals surface area contributed by atoms with Crippen LogP contribution in [0, 0.1) is 5.92 Å². The zero-order chi connectivity index (χ0) is 14.2. The second kappa shape index (κ2) is 8.78. The van der Waals surface area contributed by atoms with Gasteiger partial charge in [-0.15, -0.1) is 0 Å². The molecule has 0 saturated carbocycles. The predicted octanol–water partition coefficient (Wildman–Crippen LogP) is 3.80. The van der Waals surface area contributed by atoms with Crippen LogP contribution in [-0.2, 0) is 0 Å². The molecule has 0 amide bonds. The summed E-state index contributed by atoms with van der Waals surface area (Å²) in [4.78, 5) is 7.18. The number of rotatable bonds is 8. The van der Waals surface area contributed by atoms with Crippen molar-refractivity contribution >= 4 is 6.21 Å². The quantitative estimate of drug-likeness (QED) is 0.684. The molecule has 2 aliphatic rings. The number of hydrogen-bond acceptors (Lipinski definition) is 3. The molecular formula is C17H33N3. The Kier molecular flexibility index (Phi) is 7.01. The van der Waals surface area contributed by atoms with Crippen LogP contribution >= 0.6 is 0 Å². The smallest absolute Gasteiger partial charge is 0.155 e. The van der Waals surface area contributed by atoms with Crippen LogP contribution in [0.3, 0.4) is 0 Å². The lowest BCUT2D eigenvalue weighted by Crippen LogP contribution is -2.48. The minimum absolute atomic E-state index is 0.258. The lowest BCUT2D eigenvalue weighted by Gasteiger charge is -2.32. The Morgan fingerprint density at radius 1 is 1.20 bits per heavy atom. The largest absolute Gasteiger partial charge is 0.283 e. The van der Waals surface area contributed by atoms with Gasteiger partial charge in [-0.05, 0) is 32.1 Å². The zero-order valence-corrected chi connectivity index (χ0v) is 13.5. The predicted molar refractivity (Wildman–Crippen MR) is 87.2 cm³/mol. The van der Waals surface area contributed by atoms with Crippen LogP contribution in [0.5, 0.6) is 0 Å². The summed E-state index contributed by atoms with van der Waals surface area (Å²) in [6, 6.07) is 0.693. The topological polar surface area (TPSA) is 27.6 Å². The SMILES string of the molecule is CCCCCCCCC1CCN(C2N=CCCN2)C1C. The van der Waals surface area contributed by atoms with Crippen molar-refractivity contribution in [2.24, 2.45) is 10.9 Å². The maximum Gasteiger partial charge on any atom is 0.155 e. The van der Waals surface area contributed by atoms with Crippen LogP contribution in [0.1, 0.15) is 71.6 Å². The molecule has 0 aliphatic carbocycles. The van der Waals surface area contributed by atoms with Crippen LogP contribution in [0.15, 0.2) is 4.99 Å². The molecular weight excluding hydrogens is 246 g/mol. The minimum atomic E-state index is 0.258. The Morgan fingerprint density at radius 3 is 2.75 bits per heavy atom. The highest BCUT2D eigenvalue weighted by Crippen LogP contribution is 2.30. The van der Waals surface area contributed by atoms with Gasteiger partial charge in [0.25, 0.3) is 0 Å². The van der Waals surface area contributed by atoms with Gasteiger partial charge in [-0.2, -0.15) is 0 Å². The van der Waals surface area contributed by atoms with Gasteiger partial charge in [-0.1, -0.05) is 45.4 Å². The molecule has 20 heavy (non-hydrogen) atoms.